The maximum absolute atomic E-state index is 12.3. The normalized spacial score (nSPS) is 17.0. The zero-order valence-corrected chi connectivity index (χ0v) is 9.75. The average Bonchev–Trinajstić information content (AvgIpc) is 2.89. The number of Topliss-reactive ketones (excluding diaryl/α,β-unsaturated/α-hetero) is 2. The van der Waals surface area contributed by atoms with Gasteiger partial charge in [0.25, 0.3) is 0 Å². The summed E-state index contributed by atoms with van der Waals surface area (Å²) in [6, 6.07) is 9.77. The van der Waals surface area contributed by atoms with Crippen molar-refractivity contribution >= 4 is 11.6 Å². The molecular weight excluding hydrogens is 230 g/mol. The minimum atomic E-state index is -2.08. The van der Waals surface area contributed by atoms with Crippen molar-refractivity contribution < 1.29 is 14.7 Å². The fourth-order valence-electron chi connectivity index (χ4n) is 2.44. The summed E-state index contributed by atoms with van der Waals surface area (Å²) in [4.78, 5) is 24.6. The number of hydrogen-bond acceptors (Lipinski definition) is 3. The molecule has 1 aliphatic rings. The molecule has 0 bridgehead atoms. The highest BCUT2D eigenvalue weighted by Gasteiger charge is 2.54. The lowest BCUT2D eigenvalue weighted by atomic mass is 9.94. The zero-order chi connectivity index (χ0) is 12.9. The SMILES string of the molecule is Cn1cccc1C1(O)C(=O)c2ccccc2C1=O. The number of carbonyl (C=O) groups excluding carboxylic acids is 2. The molecule has 0 radical (unpaired) electrons. The minimum absolute atomic E-state index is 0.284. The lowest BCUT2D eigenvalue weighted by Crippen LogP contribution is -2.39. The van der Waals surface area contributed by atoms with Gasteiger partial charge in [-0.1, -0.05) is 24.3 Å². The number of carbonyl (C=O) groups is 2. The Hall–Kier alpha value is -2.20. The van der Waals surface area contributed by atoms with E-state index >= 15 is 0 Å². The van der Waals surface area contributed by atoms with Gasteiger partial charge in [0.1, 0.15) is 0 Å². The molecule has 1 aromatic heterocycles. The molecule has 4 nitrogen and oxygen atoms in total. The molecule has 90 valence electrons. The highest BCUT2D eigenvalue weighted by molar-refractivity contribution is 6.31. The molecule has 0 saturated carbocycles. The van der Waals surface area contributed by atoms with Crippen LogP contribution in [-0.2, 0) is 12.6 Å². The fourth-order valence-corrected chi connectivity index (χ4v) is 2.44. The van der Waals surface area contributed by atoms with Crippen LogP contribution in [0.1, 0.15) is 26.4 Å². The first-order valence-electron chi connectivity index (χ1n) is 5.59. The standard InChI is InChI=1S/C14H11NO3/c1-15-8-4-7-11(15)14(18)12(16)9-5-2-3-6-10(9)13(14)17/h2-8,18H,1H3. The summed E-state index contributed by atoms with van der Waals surface area (Å²) < 4.78 is 1.58. The Morgan fingerprint density at radius 1 is 1.00 bits per heavy atom. The topological polar surface area (TPSA) is 59.3 Å². The molecular formula is C14H11NO3. The van der Waals surface area contributed by atoms with Crippen molar-refractivity contribution in [1.82, 2.24) is 4.57 Å². The smallest absolute Gasteiger partial charge is 0.231 e. The van der Waals surface area contributed by atoms with E-state index in [1.54, 1.807) is 54.2 Å². The molecule has 0 unspecified atom stereocenters. The van der Waals surface area contributed by atoms with Crippen molar-refractivity contribution in [1.29, 1.82) is 0 Å². The maximum Gasteiger partial charge on any atom is 0.231 e. The van der Waals surface area contributed by atoms with Gasteiger partial charge in [-0.15, -0.1) is 0 Å². The predicted octanol–water partition coefficient (Wildman–Crippen LogP) is 1.29. The largest absolute Gasteiger partial charge is 0.369 e. The molecule has 0 amide bonds. The van der Waals surface area contributed by atoms with E-state index in [0.717, 1.165) is 0 Å². The predicted molar refractivity (Wildman–Crippen MR) is 64.4 cm³/mol. The van der Waals surface area contributed by atoms with E-state index in [1.807, 2.05) is 0 Å². The van der Waals surface area contributed by atoms with Gasteiger partial charge in [-0.25, -0.2) is 0 Å². The zero-order valence-electron chi connectivity index (χ0n) is 9.75. The van der Waals surface area contributed by atoms with Crippen LogP contribution in [0.3, 0.4) is 0 Å². The molecule has 0 atom stereocenters. The van der Waals surface area contributed by atoms with Crippen molar-refractivity contribution in [2.24, 2.45) is 7.05 Å². The summed E-state index contributed by atoms with van der Waals surface area (Å²) in [6.45, 7) is 0. The van der Waals surface area contributed by atoms with Crippen LogP contribution >= 0.6 is 0 Å². The quantitative estimate of drug-likeness (QED) is 0.765. The second-order valence-corrected chi connectivity index (χ2v) is 4.42. The molecule has 0 spiro atoms. The van der Waals surface area contributed by atoms with Crippen LogP contribution < -0.4 is 0 Å². The Balaban J connectivity index is 2.26. The molecule has 0 aliphatic heterocycles. The Morgan fingerprint density at radius 2 is 1.56 bits per heavy atom. The molecule has 1 aliphatic carbocycles. The van der Waals surface area contributed by atoms with Crippen molar-refractivity contribution in [3.8, 4) is 0 Å². The van der Waals surface area contributed by atoms with Crippen molar-refractivity contribution in [3.05, 3.63) is 59.4 Å². The molecule has 1 aromatic carbocycles. The molecule has 18 heavy (non-hydrogen) atoms. The third kappa shape index (κ3) is 1.13. The van der Waals surface area contributed by atoms with Gasteiger partial charge in [-0.3, -0.25) is 9.59 Å². The van der Waals surface area contributed by atoms with Crippen LogP contribution in [0.5, 0.6) is 0 Å². The van der Waals surface area contributed by atoms with Gasteiger partial charge in [-0.2, -0.15) is 0 Å². The van der Waals surface area contributed by atoms with Gasteiger partial charge in [0, 0.05) is 24.4 Å². The van der Waals surface area contributed by atoms with Crippen LogP contribution in [-0.4, -0.2) is 21.2 Å². The monoisotopic (exact) mass is 241 g/mol. The summed E-state index contributed by atoms with van der Waals surface area (Å²) in [5.41, 5.74) is -1.21. The minimum Gasteiger partial charge on any atom is -0.369 e. The second-order valence-electron chi connectivity index (χ2n) is 4.42. The van der Waals surface area contributed by atoms with Crippen molar-refractivity contribution in [2.45, 2.75) is 5.60 Å². The third-order valence-electron chi connectivity index (χ3n) is 3.39. The molecule has 2 aromatic rings. The number of rotatable bonds is 1. The van der Waals surface area contributed by atoms with E-state index < -0.39 is 17.2 Å². The van der Waals surface area contributed by atoms with E-state index in [1.165, 1.54) is 0 Å². The fraction of sp³-hybridized carbons (Fsp3) is 0.143. The summed E-state index contributed by atoms with van der Waals surface area (Å²) >= 11 is 0. The van der Waals surface area contributed by atoms with E-state index in [2.05, 4.69) is 0 Å². The number of nitrogens with zero attached hydrogens (tertiary/aromatic N) is 1. The van der Waals surface area contributed by atoms with Crippen molar-refractivity contribution in [3.63, 3.8) is 0 Å². The van der Waals surface area contributed by atoms with Crippen LogP contribution in [0.2, 0.25) is 0 Å². The van der Waals surface area contributed by atoms with Crippen LogP contribution in [0.25, 0.3) is 0 Å². The molecule has 1 N–H and O–H groups in total. The van der Waals surface area contributed by atoms with E-state index in [0.29, 0.717) is 5.69 Å². The maximum atomic E-state index is 12.3. The van der Waals surface area contributed by atoms with Gasteiger partial charge >= 0.3 is 0 Å². The molecule has 3 rings (SSSR count). The summed E-state index contributed by atoms with van der Waals surface area (Å²) in [5.74, 6) is -1.10. The van der Waals surface area contributed by atoms with Gasteiger partial charge < -0.3 is 9.67 Å². The number of fused-ring (bicyclic) bond motifs is 1. The van der Waals surface area contributed by atoms with Gasteiger partial charge in [0.15, 0.2) is 0 Å². The van der Waals surface area contributed by atoms with E-state index in [-0.39, 0.29) is 11.1 Å². The first-order valence-corrected chi connectivity index (χ1v) is 5.59. The van der Waals surface area contributed by atoms with Crippen LogP contribution in [0.4, 0.5) is 0 Å². The Kier molecular flexibility index (Phi) is 2.06. The third-order valence-corrected chi connectivity index (χ3v) is 3.39. The highest BCUT2D eigenvalue weighted by Crippen LogP contribution is 2.37. The molecule has 1 heterocycles. The second kappa shape index (κ2) is 3.40. The van der Waals surface area contributed by atoms with Gasteiger partial charge in [-0.05, 0) is 12.1 Å². The number of benzene rings is 1. The summed E-state index contributed by atoms with van der Waals surface area (Å²) in [7, 11) is 1.69. The average molecular weight is 241 g/mol. The molecule has 0 fully saturated rings. The Labute approximate surface area is 103 Å². The van der Waals surface area contributed by atoms with E-state index in [9.17, 15) is 14.7 Å². The molecule has 4 heteroatoms. The number of hydrogen-bond donors (Lipinski definition) is 1. The van der Waals surface area contributed by atoms with Crippen molar-refractivity contribution in [2.75, 3.05) is 0 Å². The Bertz CT molecular complexity index is 634. The van der Waals surface area contributed by atoms with E-state index in [4.69, 9.17) is 0 Å². The number of aliphatic hydroxyl groups is 1. The van der Waals surface area contributed by atoms with Crippen LogP contribution in [0.15, 0.2) is 42.6 Å². The number of aryl methyl sites for hydroxylation is 1. The van der Waals surface area contributed by atoms with Gasteiger partial charge in [0.2, 0.25) is 17.2 Å². The first-order chi connectivity index (χ1) is 8.56. The van der Waals surface area contributed by atoms with Crippen LogP contribution in [0, 0.1) is 0 Å². The van der Waals surface area contributed by atoms with Gasteiger partial charge in [0.05, 0.1) is 5.69 Å². The number of aromatic nitrogens is 1. The molecule has 0 saturated heterocycles. The Morgan fingerprint density at radius 3 is 2.00 bits per heavy atom. The summed E-state index contributed by atoms with van der Waals surface area (Å²) in [5, 5.41) is 10.6. The summed E-state index contributed by atoms with van der Waals surface area (Å²) in [6.07, 6.45) is 1.69. The number of ketones is 2. The highest BCUT2D eigenvalue weighted by atomic mass is 16.3. The first kappa shape index (κ1) is 10.9. The lowest BCUT2D eigenvalue weighted by molar-refractivity contribution is 0.0296. The lowest BCUT2D eigenvalue weighted by Gasteiger charge is -2.19.